The van der Waals surface area contributed by atoms with Crippen molar-refractivity contribution in [3.63, 3.8) is 0 Å². The van der Waals surface area contributed by atoms with Gasteiger partial charge < -0.3 is 15.3 Å². The fourth-order valence-corrected chi connectivity index (χ4v) is 2.56. The Morgan fingerprint density at radius 3 is 2.68 bits per heavy atom. The first-order valence-electron chi connectivity index (χ1n) is 7.55. The molecule has 0 spiro atoms. The molecule has 1 aliphatic heterocycles. The van der Waals surface area contributed by atoms with Gasteiger partial charge in [0.25, 0.3) is 0 Å². The van der Waals surface area contributed by atoms with Crippen LogP contribution < -0.4 is 5.32 Å². The van der Waals surface area contributed by atoms with Gasteiger partial charge in [-0.05, 0) is 24.6 Å². The van der Waals surface area contributed by atoms with Crippen LogP contribution in [0.25, 0.3) is 0 Å². The Morgan fingerprint density at radius 1 is 1.40 bits per heavy atom. The first-order chi connectivity index (χ1) is 11.6. The Labute approximate surface area is 141 Å². The third-order valence-electron chi connectivity index (χ3n) is 3.94. The maximum atomic E-state index is 12.7. The maximum absolute atomic E-state index is 12.7. The second kappa shape index (κ2) is 7.12. The van der Waals surface area contributed by atoms with Crippen molar-refractivity contribution in [2.45, 2.75) is 32.1 Å². The summed E-state index contributed by atoms with van der Waals surface area (Å²) in [6.45, 7) is 1.30. The summed E-state index contributed by atoms with van der Waals surface area (Å²) in [5.41, 5.74) is -0.496. The van der Waals surface area contributed by atoms with Crippen LogP contribution in [0.3, 0.4) is 0 Å². The highest BCUT2D eigenvalue weighted by Gasteiger charge is 2.36. The average molecular weight is 358 g/mol. The molecule has 2 amide bonds. The molecule has 25 heavy (non-hydrogen) atoms. The number of carboxylic acids is 1. The summed E-state index contributed by atoms with van der Waals surface area (Å²) >= 11 is 0. The van der Waals surface area contributed by atoms with E-state index in [4.69, 9.17) is 5.11 Å². The molecule has 1 unspecified atom stereocenters. The summed E-state index contributed by atoms with van der Waals surface area (Å²) < 4.78 is 38.2. The van der Waals surface area contributed by atoms with Gasteiger partial charge in [0.1, 0.15) is 6.04 Å². The van der Waals surface area contributed by atoms with E-state index in [0.29, 0.717) is 5.56 Å². The number of rotatable bonds is 5. The molecule has 2 rings (SSSR count). The van der Waals surface area contributed by atoms with Crippen LogP contribution in [-0.2, 0) is 27.1 Å². The van der Waals surface area contributed by atoms with Gasteiger partial charge in [0.2, 0.25) is 11.8 Å². The molecule has 1 aromatic carbocycles. The number of carbonyl (C=O) groups is 3. The Hall–Kier alpha value is -2.58. The molecule has 1 fully saturated rings. The lowest BCUT2D eigenvalue weighted by Crippen LogP contribution is -2.42. The van der Waals surface area contributed by atoms with E-state index in [0.717, 1.165) is 12.1 Å². The normalized spacial score (nSPS) is 19.0. The summed E-state index contributed by atoms with van der Waals surface area (Å²) in [6, 6.07) is 3.56. The van der Waals surface area contributed by atoms with Gasteiger partial charge in [-0.2, -0.15) is 13.2 Å². The molecule has 136 valence electrons. The van der Waals surface area contributed by atoms with Crippen molar-refractivity contribution in [3.05, 3.63) is 35.4 Å². The molecule has 0 saturated carbocycles. The number of benzene rings is 1. The minimum absolute atomic E-state index is 0.0350. The number of halogens is 3. The second-order valence-corrected chi connectivity index (χ2v) is 5.94. The molecular weight excluding hydrogens is 341 g/mol. The van der Waals surface area contributed by atoms with E-state index < -0.39 is 35.6 Å². The van der Waals surface area contributed by atoms with Crippen LogP contribution in [-0.4, -0.2) is 40.4 Å². The number of hydrogen-bond donors (Lipinski definition) is 2. The first kappa shape index (κ1) is 18.8. The Bertz CT molecular complexity index is 690. The lowest BCUT2D eigenvalue weighted by Gasteiger charge is -2.18. The highest BCUT2D eigenvalue weighted by molar-refractivity contribution is 5.91. The summed E-state index contributed by atoms with van der Waals surface area (Å²) in [5.74, 6) is -2.84. The number of nitrogens with one attached hydrogen (secondary N) is 1. The molecule has 0 bridgehead atoms. The summed E-state index contributed by atoms with van der Waals surface area (Å²) in [4.78, 5) is 36.0. The van der Waals surface area contributed by atoms with Crippen LogP contribution in [0.15, 0.2) is 24.3 Å². The van der Waals surface area contributed by atoms with Crippen molar-refractivity contribution in [2.24, 2.45) is 5.92 Å². The van der Waals surface area contributed by atoms with Gasteiger partial charge in [-0.15, -0.1) is 0 Å². The Balaban J connectivity index is 2.02. The predicted molar refractivity (Wildman–Crippen MR) is 80.2 cm³/mol. The molecule has 6 nitrogen and oxygen atoms in total. The van der Waals surface area contributed by atoms with Gasteiger partial charge in [-0.3, -0.25) is 14.4 Å². The predicted octanol–water partition coefficient (Wildman–Crippen LogP) is 1.64. The zero-order chi connectivity index (χ0) is 18.8. The highest BCUT2D eigenvalue weighted by Crippen LogP contribution is 2.30. The van der Waals surface area contributed by atoms with Gasteiger partial charge in [0, 0.05) is 19.5 Å². The van der Waals surface area contributed by atoms with Crippen molar-refractivity contribution >= 4 is 17.8 Å². The van der Waals surface area contributed by atoms with E-state index in [2.05, 4.69) is 5.32 Å². The monoisotopic (exact) mass is 358 g/mol. The van der Waals surface area contributed by atoms with Gasteiger partial charge in [0.05, 0.1) is 11.5 Å². The minimum Gasteiger partial charge on any atom is -0.480 e. The average Bonchev–Trinajstić information content (AvgIpc) is 2.87. The molecule has 2 N–H and O–H groups in total. The van der Waals surface area contributed by atoms with E-state index in [1.165, 1.54) is 24.0 Å². The third kappa shape index (κ3) is 4.71. The zero-order valence-corrected chi connectivity index (χ0v) is 13.3. The van der Waals surface area contributed by atoms with E-state index in [-0.39, 0.29) is 25.4 Å². The number of alkyl halides is 3. The van der Waals surface area contributed by atoms with Crippen LogP contribution in [0, 0.1) is 5.92 Å². The number of nitrogens with zero attached hydrogens (tertiary/aromatic N) is 1. The maximum Gasteiger partial charge on any atom is 0.416 e. The Morgan fingerprint density at radius 2 is 2.08 bits per heavy atom. The molecule has 0 aromatic heterocycles. The van der Waals surface area contributed by atoms with Crippen molar-refractivity contribution in [1.29, 1.82) is 0 Å². The zero-order valence-electron chi connectivity index (χ0n) is 13.3. The minimum atomic E-state index is -4.47. The molecule has 1 aromatic rings. The second-order valence-electron chi connectivity index (χ2n) is 5.94. The lowest BCUT2D eigenvalue weighted by molar-refractivity contribution is -0.141. The molecule has 0 aliphatic carbocycles. The summed E-state index contributed by atoms with van der Waals surface area (Å²) in [5, 5.41) is 11.1. The molecule has 1 heterocycles. The Kier molecular flexibility index (Phi) is 5.34. The van der Waals surface area contributed by atoms with Crippen LogP contribution in [0.5, 0.6) is 0 Å². The lowest BCUT2D eigenvalue weighted by atomic mass is 10.1. The topological polar surface area (TPSA) is 86.7 Å². The number of carbonyl (C=O) groups excluding carboxylic acids is 2. The molecular formula is C16H17F3N2O4. The van der Waals surface area contributed by atoms with Crippen molar-refractivity contribution in [1.82, 2.24) is 10.2 Å². The van der Waals surface area contributed by atoms with Crippen molar-refractivity contribution < 1.29 is 32.7 Å². The van der Waals surface area contributed by atoms with E-state index >= 15 is 0 Å². The smallest absolute Gasteiger partial charge is 0.416 e. The van der Waals surface area contributed by atoms with Crippen LogP contribution in [0.4, 0.5) is 13.2 Å². The van der Waals surface area contributed by atoms with Gasteiger partial charge in [-0.1, -0.05) is 12.1 Å². The SMILES string of the molecule is C[C@@H](NC(=O)C1CC(=O)N(Cc2cccc(C(F)(F)F)c2)C1)C(=O)O. The fraction of sp³-hybridized carbons (Fsp3) is 0.438. The quantitative estimate of drug-likeness (QED) is 0.838. The molecule has 2 atom stereocenters. The third-order valence-corrected chi connectivity index (χ3v) is 3.94. The number of amides is 2. The molecule has 9 heteroatoms. The van der Waals surface area contributed by atoms with Crippen LogP contribution in [0.1, 0.15) is 24.5 Å². The van der Waals surface area contributed by atoms with Gasteiger partial charge in [0.15, 0.2) is 0 Å². The number of hydrogen-bond acceptors (Lipinski definition) is 3. The summed E-state index contributed by atoms with van der Waals surface area (Å²) in [6.07, 6.45) is -4.57. The molecule has 0 radical (unpaired) electrons. The van der Waals surface area contributed by atoms with E-state index in [1.54, 1.807) is 0 Å². The highest BCUT2D eigenvalue weighted by atomic mass is 19.4. The van der Waals surface area contributed by atoms with Crippen molar-refractivity contribution in [2.75, 3.05) is 6.54 Å². The number of likely N-dealkylation sites (tertiary alicyclic amines) is 1. The van der Waals surface area contributed by atoms with Gasteiger partial charge >= 0.3 is 12.1 Å². The van der Waals surface area contributed by atoms with Crippen molar-refractivity contribution in [3.8, 4) is 0 Å². The van der Waals surface area contributed by atoms with Gasteiger partial charge in [-0.25, -0.2) is 0 Å². The summed E-state index contributed by atoms with van der Waals surface area (Å²) in [7, 11) is 0. The molecule has 1 saturated heterocycles. The standard InChI is InChI=1S/C16H17F3N2O4/c1-9(15(24)25)20-14(23)11-6-13(22)21(8-11)7-10-3-2-4-12(5-10)16(17,18)19/h2-5,9,11H,6-8H2,1H3,(H,20,23)(H,24,25)/t9-,11?/m1/s1. The number of carboxylic acid groups (broad SMARTS) is 1. The van der Waals surface area contributed by atoms with Crippen LogP contribution in [0.2, 0.25) is 0 Å². The molecule has 1 aliphatic rings. The van der Waals surface area contributed by atoms with E-state index in [9.17, 15) is 27.6 Å². The fourth-order valence-electron chi connectivity index (χ4n) is 2.56. The first-order valence-corrected chi connectivity index (χ1v) is 7.55. The largest absolute Gasteiger partial charge is 0.480 e. The number of aliphatic carboxylic acids is 1. The van der Waals surface area contributed by atoms with E-state index in [1.807, 2.05) is 0 Å². The van der Waals surface area contributed by atoms with Crippen LogP contribution >= 0.6 is 0 Å².